The van der Waals surface area contributed by atoms with Gasteiger partial charge in [0.1, 0.15) is 5.82 Å². The molecule has 0 aliphatic rings. The first-order valence-electron chi connectivity index (χ1n) is 13.4. The van der Waals surface area contributed by atoms with Crippen LogP contribution in [-0.2, 0) is 25.8 Å². The fourth-order valence-electron chi connectivity index (χ4n) is 4.93. The van der Waals surface area contributed by atoms with Crippen molar-refractivity contribution in [3.8, 4) is 22.5 Å². The zero-order valence-electron chi connectivity index (χ0n) is 22.3. The fraction of sp³-hybridized carbons (Fsp3) is 0.250. The molecule has 0 saturated carbocycles. The number of benzene rings is 3. The molecular formula is C32H32N4O3. The topological polar surface area (TPSA) is 93.8 Å². The summed E-state index contributed by atoms with van der Waals surface area (Å²) in [6.45, 7) is 4.68. The zero-order valence-corrected chi connectivity index (χ0v) is 22.3. The molecule has 0 aliphatic heterocycles. The van der Waals surface area contributed by atoms with E-state index in [0.717, 1.165) is 65.0 Å². The van der Waals surface area contributed by atoms with Gasteiger partial charge in [-0.3, -0.25) is 18.9 Å². The summed E-state index contributed by atoms with van der Waals surface area (Å²) < 4.78 is 6.53. The van der Waals surface area contributed by atoms with Crippen LogP contribution in [0.3, 0.4) is 0 Å². The lowest BCUT2D eigenvalue weighted by Crippen LogP contribution is -2.30. The van der Waals surface area contributed by atoms with Gasteiger partial charge in [0, 0.05) is 24.1 Å². The van der Waals surface area contributed by atoms with E-state index in [1.165, 1.54) is 5.56 Å². The van der Waals surface area contributed by atoms with Crippen LogP contribution < -0.4 is 11.3 Å². The number of rotatable bonds is 10. The van der Waals surface area contributed by atoms with Gasteiger partial charge < -0.3 is 0 Å². The smallest absolute Gasteiger partial charge is 0.296 e. The minimum atomic E-state index is -0.588. The van der Waals surface area contributed by atoms with E-state index < -0.39 is 5.76 Å². The van der Waals surface area contributed by atoms with Crippen molar-refractivity contribution >= 4 is 0 Å². The number of hydrogen-bond donors (Lipinski definition) is 1. The third-order valence-corrected chi connectivity index (χ3v) is 7.04. The molecule has 0 spiro atoms. The van der Waals surface area contributed by atoms with Crippen LogP contribution >= 0.6 is 0 Å². The van der Waals surface area contributed by atoms with Crippen LogP contribution in [0.2, 0.25) is 0 Å². The van der Waals surface area contributed by atoms with E-state index >= 15 is 0 Å². The van der Waals surface area contributed by atoms with E-state index in [-0.39, 0.29) is 5.56 Å². The van der Waals surface area contributed by atoms with Crippen molar-refractivity contribution in [1.29, 1.82) is 0 Å². The van der Waals surface area contributed by atoms with E-state index in [2.05, 4.69) is 41.3 Å². The van der Waals surface area contributed by atoms with Crippen LogP contribution in [0.25, 0.3) is 22.5 Å². The van der Waals surface area contributed by atoms with E-state index in [9.17, 15) is 9.59 Å². The van der Waals surface area contributed by atoms with Crippen molar-refractivity contribution < 1.29 is 4.52 Å². The number of unbranched alkanes of at least 4 members (excludes halogenated alkanes) is 1. The Hall–Kier alpha value is -4.52. The molecule has 0 amide bonds. The fourth-order valence-corrected chi connectivity index (χ4v) is 4.93. The quantitative estimate of drug-likeness (QED) is 0.254. The Kier molecular flexibility index (Phi) is 7.96. The van der Waals surface area contributed by atoms with Crippen molar-refractivity contribution in [3.63, 3.8) is 0 Å². The van der Waals surface area contributed by atoms with Crippen LogP contribution in [0.4, 0.5) is 0 Å². The second-order valence-electron chi connectivity index (χ2n) is 9.74. The van der Waals surface area contributed by atoms with Crippen molar-refractivity contribution in [1.82, 2.24) is 19.7 Å². The number of aryl methyl sites for hydroxylation is 3. The van der Waals surface area contributed by atoms with Crippen molar-refractivity contribution in [2.24, 2.45) is 0 Å². The molecule has 0 bridgehead atoms. The first kappa shape index (κ1) is 26.1. The molecule has 0 aliphatic carbocycles. The van der Waals surface area contributed by atoms with Crippen LogP contribution in [0.5, 0.6) is 0 Å². The molecule has 7 nitrogen and oxygen atoms in total. The first-order valence-corrected chi connectivity index (χ1v) is 13.4. The highest BCUT2D eigenvalue weighted by atomic mass is 16.5. The Bertz CT molecular complexity index is 1660. The van der Waals surface area contributed by atoms with Crippen LogP contribution in [0.15, 0.2) is 93.0 Å². The van der Waals surface area contributed by atoms with Gasteiger partial charge in [0.2, 0.25) is 0 Å². The molecule has 39 heavy (non-hydrogen) atoms. The van der Waals surface area contributed by atoms with Crippen LogP contribution in [-0.4, -0.2) is 19.7 Å². The monoisotopic (exact) mass is 520 g/mol. The highest BCUT2D eigenvalue weighted by Gasteiger charge is 2.16. The van der Waals surface area contributed by atoms with Gasteiger partial charge >= 0.3 is 5.76 Å². The second kappa shape index (κ2) is 11.9. The third kappa shape index (κ3) is 5.98. The SMILES string of the molecule is CCCCc1nc(C)n(CCc2ccccc2)c(=O)c1Cc1ccc(-c2ccccc2-c2noc(=O)[nH]2)cc1. The summed E-state index contributed by atoms with van der Waals surface area (Å²) >= 11 is 0. The van der Waals surface area contributed by atoms with E-state index in [1.54, 1.807) is 0 Å². The molecule has 5 rings (SSSR count). The largest absolute Gasteiger partial charge is 0.439 e. The van der Waals surface area contributed by atoms with Crippen molar-refractivity contribution in [2.75, 3.05) is 0 Å². The molecule has 0 saturated heterocycles. The van der Waals surface area contributed by atoms with Gasteiger partial charge in [0.15, 0.2) is 5.82 Å². The molecule has 0 atom stereocenters. The average Bonchev–Trinajstić information content (AvgIpc) is 3.40. The molecule has 0 radical (unpaired) electrons. The number of aromatic nitrogens is 4. The summed E-state index contributed by atoms with van der Waals surface area (Å²) in [7, 11) is 0. The Morgan fingerprint density at radius 2 is 1.56 bits per heavy atom. The molecule has 7 heteroatoms. The summed E-state index contributed by atoms with van der Waals surface area (Å²) in [5.41, 5.74) is 6.66. The van der Waals surface area contributed by atoms with E-state index in [1.807, 2.05) is 66.1 Å². The molecule has 2 heterocycles. The lowest BCUT2D eigenvalue weighted by Gasteiger charge is -2.16. The second-order valence-corrected chi connectivity index (χ2v) is 9.74. The Morgan fingerprint density at radius 3 is 2.26 bits per heavy atom. The molecule has 0 unspecified atom stereocenters. The van der Waals surface area contributed by atoms with E-state index in [0.29, 0.717) is 18.8 Å². The number of hydrogen-bond acceptors (Lipinski definition) is 5. The van der Waals surface area contributed by atoms with Crippen LogP contribution in [0.1, 0.15) is 48.0 Å². The summed E-state index contributed by atoms with van der Waals surface area (Å²) in [4.78, 5) is 32.8. The number of nitrogens with one attached hydrogen (secondary N) is 1. The minimum absolute atomic E-state index is 0.0499. The maximum absolute atomic E-state index is 13.8. The van der Waals surface area contributed by atoms with Gasteiger partial charge in [-0.1, -0.05) is 97.4 Å². The Labute approximate surface area is 227 Å². The number of aromatic amines is 1. The molecule has 1 N–H and O–H groups in total. The van der Waals surface area contributed by atoms with Crippen molar-refractivity contribution in [2.45, 2.75) is 52.5 Å². The predicted molar refractivity (Wildman–Crippen MR) is 153 cm³/mol. The van der Waals surface area contributed by atoms with Gasteiger partial charge in [-0.05, 0) is 48.4 Å². The predicted octanol–water partition coefficient (Wildman–Crippen LogP) is 5.74. The molecule has 198 valence electrons. The van der Waals surface area contributed by atoms with Crippen LogP contribution in [0, 0.1) is 6.92 Å². The maximum atomic E-state index is 13.8. The van der Waals surface area contributed by atoms with Gasteiger partial charge in [0.05, 0.1) is 5.69 Å². The first-order chi connectivity index (χ1) is 19.0. The number of H-pyrrole nitrogens is 1. The normalized spacial score (nSPS) is 11.1. The zero-order chi connectivity index (χ0) is 27.2. The Morgan fingerprint density at radius 1 is 0.846 bits per heavy atom. The summed E-state index contributed by atoms with van der Waals surface area (Å²) in [5, 5.41) is 3.85. The standard InChI is InChI=1S/C32H32N4O3/c1-3-4-14-29-28(31(37)36(22(2)33-29)20-19-23-10-6-5-7-11-23)21-24-15-17-25(18-16-24)26-12-8-9-13-27(26)30-34-32(38)39-35-30/h5-13,15-18H,3-4,14,19-21H2,1-2H3,(H,34,35,38). The third-order valence-electron chi connectivity index (χ3n) is 7.04. The average molecular weight is 521 g/mol. The molecule has 2 aromatic heterocycles. The van der Waals surface area contributed by atoms with Gasteiger partial charge in [-0.25, -0.2) is 9.78 Å². The van der Waals surface area contributed by atoms with Gasteiger partial charge in [-0.2, -0.15) is 0 Å². The number of nitrogens with zero attached hydrogens (tertiary/aromatic N) is 3. The highest BCUT2D eigenvalue weighted by Crippen LogP contribution is 2.30. The lowest BCUT2D eigenvalue weighted by atomic mass is 9.96. The molecule has 5 aromatic rings. The highest BCUT2D eigenvalue weighted by molar-refractivity contribution is 5.80. The summed E-state index contributed by atoms with van der Waals surface area (Å²) in [6.07, 6.45) is 4.13. The lowest BCUT2D eigenvalue weighted by molar-refractivity contribution is 0.388. The van der Waals surface area contributed by atoms with Gasteiger partial charge in [0.25, 0.3) is 5.56 Å². The van der Waals surface area contributed by atoms with Crippen molar-refractivity contribution in [3.05, 3.63) is 128 Å². The molecule has 3 aromatic carbocycles. The molecule has 0 fully saturated rings. The Balaban J connectivity index is 1.44. The summed E-state index contributed by atoms with van der Waals surface area (Å²) in [6, 6.07) is 26.1. The van der Waals surface area contributed by atoms with Gasteiger partial charge in [-0.15, -0.1) is 0 Å². The molecular weight excluding hydrogens is 488 g/mol. The minimum Gasteiger partial charge on any atom is -0.296 e. The summed E-state index contributed by atoms with van der Waals surface area (Å²) in [5.74, 6) is 0.570. The maximum Gasteiger partial charge on any atom is 0.439 e. The van der Waals surface area contributed by atoms with E-state index in [4.69, 9.17) is 9.51 Å².